The first-order valence-electron chi connectivity index (χ1n) is 11.1. The van der Waals surface area contributed by atoms with Crippen molar-refractivity contribution in [2.75, 3.05) is 11.1 Å². The Labute approximate surface area is 217 Å². The number of nitrogens with two attached hydrogens (primary N) is 1. The van der Waals surface area contributed by atoms with E-state index in [2.05, 4.69) is 21.2 Å². The highest BCUT2D eigenvalue weighted by atomic mass is 79.9. The number of primary amides is 1. The minimum absolute atomic E-state index is 0.0666. The maximum atomic E-state index is 13.8. The first-order chi connectivity index (χ1) is 16.9. The summed E-state index contributed by atoms with van der Waals surface area (Å²) in [5.41, 5.74) is 7.93. The Bertz CT molecular complexity index is 1490. The molecule has 0 unspecified atom stereocenters. The monoisotopic (exact) mass is 568 g/mol. The number of halogens is 1. The van der Waals surface area contributed by atoms with Gasteiger partial charge in [-0.2, -0.15) is 0 Å². The Morgan fingerprint density at radius 3 is 2.51 bits per heavy atom. The fourth-order valence-corrected chi connectivity index (χ4v) is 6.53. The largest absolute Gasteiger partial charge is 0.366 e. The third-order valence-corrected chi connectivity index (χ3v) is 8.48. The minimum atomic E-state index is -0.527. The van der Waals surface area contributed by atoms with E-state index in [1.807, 2.05) is 24.3 Å². The van der Waals surface area contributed by atoms with Crippen molar-refractivity contribution in [3.63, 3.8) is 0 Å². The van der Waals surface area contributed by atoms with Crippen LogP contribution in [0.15, 0.2) is 63.0 Å². The zero-order valence-electron chi connectivity index (χ0n) is 18.5. The Morgan fingerprint density at radius 2 is 1.80 bits per heavy atom. The van der Waals surface area contributed by atoms with Crippen molar-refractivity contribution >= 4 is 66.7 Å². The number of anilines is 1. The summed E-state index contributed by atoms with van der Waals surface area (Å²) in [7, 11) is 0. The molecule has 0 saturated heterocycles. The lowest BCUT2D eigenvalue weighted by molar-refractivity contribution is -0.113. The lowest BCUT2D eigenvalue weighted by Crippen LogP contribution is -2.23. The molecule has 2 amide bonds. The van der Waals surface area contributed by atoms with E-state index >= 15 is 0 Å². The van der Waals surface area contributed by atoms with Crippen LogP contribution in [-0.2, 0) is 17.6 Å². The van der Waals surface area contributed by atoms with E-state index < -0.39 is 5.91 Å². The number of benzene rings is 2. The third-order valence-electron chi connectivity index (χ3n) is 5.83. The number of aromatic nitrogens is 2. The summed E-state index contributed by atoms with van der Waals surface area (Å²) < 4.78 is 2.52. The van der Waals surface area contributed by atoms with Crippen LogP contribution in [0.3, 0.4) is 0 Å². The maximum absolute atomic E-state index is 13.8. The van der Waals surface area contributed by atoms with Crippen LogP contribution in [0.1, 0.15) is 33.6 Å². The maximum Gasteiger partial charge on any atom is 0.267 e. The molecule has 4 aromatic rings. The number of nitrogens with zero attached hydrogens (tertiary/aromatic N) is 2. The molecule has 0 bridgehead atoms. The number of rotatable bonds is 6. The van der Waals surface area contributed by atoms with Crippen LogP contribution in [0.4, 0.5) is 5.69 Å². The summed E-state index contributed by atoms with van der Waals surface area (Å²) in [5.74, 6) is -0.706. The van der Waals surface area contributed by atoms with Crippen molar-refractivity contribution in [1.29, 1.82) is 0 Å². The molecular formula is C25H21BrN4O3S2. The zero-order chi connectivity index (χ0) is 24.5. The fourth-order valence-electron chi connectivity index (χ4n) is 4.15. The van der Waals surface area contributed by atoms with Crippen molar-refractivity contribution in [1.82, 2.24) is 9.55 Å². The molecule has 0 fully saturated rings. The van der Waals surface area contributed by atoms with E-state index in [0.29, 0.717) is 27.5 Å². The van der Waals surface area contributed by atoms with Crippen LogP contribution in [0.2, 0.25) is 0 Å². The average Bonchev–Trinajstić information content (AvgIpc) is 3.22. The van der Waals surface area contributed by atoms with Gasteiger partial charge in [0.15, 0.2) is 5.16 Å². The Kier molecular flexibility index (Phi) is 6.77. The second kappa shape index (κ2) is 9.96. The lowest BCUT2D eigenvalue weighted by Gasteiger charge is -2.14. The van der Waals surface area contributed by atoms with Crippen molar-refractivity contribution in [2.24, 2.45) is 5.73 Å². The van der Waals surface area contributed by atoms with Gasteiger partial charge in [-0.3, -0.25) is 19.0 Å². The topological polar surface area (TPSA) is 107 Å². The van der Waals surface area contributed by atoms with Gasteiger partial charge < -0.3 is 11.1 Å². The van der Waals surface area contributed by atoms with Gasteiger partial charge in [-0.25, -0.2) is 4.98 Å². The Hall–Kier alpha value is -2.95. The number of thioether (sulfide) groups is 1. The summed E-state index contributed by atoms with van der Waals surface area (Å²) in [6.45, 7) is 0. The summed E-state index contributed by atoms with van der Waals surface area (Å²) in [5, 5.41) is 3.99. The molecule has 1 aliphatic carbocycles. The molecule has 0 radical (unpaired) electrons. The number of carbonyl (C=O) groups is 2. The molecule has 10 heteroatoms. The molecule has 0 spiro atoms. The van der Waals surface area contributed by atoms with E-state index in [4.69, 9.17) is 10.7 Å². The molecule has 7 nitrogen and oxygen atoms in total. The SMILES string of the molecule is NC(=O)c1ccc(NC(=O)CSc2nc3sc4c(c3c(=O)n2-c2ccc(Br)cc2)CCCC4)cc1. The summed E-state index contributed by atoms with van der Waals surface area (Å²) in [6, 6.07) is 13.9. The molecule has 5 rings (SSSR count). The second-order valence-corrected chi connectivity index (χ2v) is 11.1. The van der Waals surface area contributed by atoms with E-state index in [0.717, 1.165) is 40.5 Å². The third kappa shape index (κ3) is 4.91. The predicted octanol–water partition coefficient (Wildman–Crippen LogP) is 4.92. The molecule has 2 aromatic heterocycles. The number of carbonyl (C=O) groups excluding carboxylic acids is 2. The number of fused-ring (bicyclic) bond motifs is 3. The van der Waals surface area contributed by atoms with Gasteiger partial charge in [-0.15, -0.1) is 11.3 Å². The molecule has 0 aliphatic heterocycles. The number of hydrogen-bond donors (Lipinski definition) is 2. The molecule has 0 atom stereocenters. The minimum Gasteiger partial charge on any atom is -0.366 e. The van der Waals surface area contributed by atoms with Gasteiger partial charge >= 0.3 is 0 Å². The average molecular weight is 570 g/mol. The highest BCUT2D eigenvalue weighted by Gasteiger charge is 2.23. The van der Waals surface area contributed by atoms with Gasteiger partial charge in [-0.1, -0.05) is 27.7 Å². The smallest absolute Gasteiger partial charge is 0.267 e. The second-order valence-electron chi connectivity index (χ2n) is 8.18. The number of nitrogens with one attached hydrogen (secondary N) is 1. The van der Waals surface area contributed by atoms with Crippen LogP contribution >= 0.6 is 39.0 Å². The number of aryl methyl sites for hydroxylation is 2. The van der Waals surface area contributed by atoms with Gasteiger partial charge in [0.05, 0.1) is 16.8 Å². The molecule has 35 heavy (non-hydrogen) atoms. The molecule has 0 saturated carbocycles. The highest BCUT2D eigenvalue weighted by Crippen LogP contribution is 2.35. The molecule has 2 heterocycles. The number of hydrogen-bond acceptors (Lipinski definition) is 6. The fraction of sp³-hybridized carbons (Fsp3) is 0.200. The van der Waals surface area contributed by atoms with Gasteiger partial charge in [0.1, 0.15) is 4.83 Å². The Morgan fingerprint density at radius 1 is 1.09 bits per heavy atom. The predicted molar refractivity (Wildman–Crippen MR) is 144 cm³/mol. The molecule has 2 aromatic carbocycles. The summed E-state index contributed by atoms with van der Waals surface area (Å²) >= 11 is 6.25. The van der Waals surface area contributed by atoms with Crippen LogP contribution in [-0.4, -0.2) is 27.1 Å². The normalized spacial score (nSPS) is 12.9. The van der Waals surface area contributed by atoms with Crippen molar-refractivity contribution in [2.45, 2.75) is 30.8 Å². The molecule has 1 aliphatic rings. The van der Waals surface area contributed by atoms with Crippen LogP contribution in [0.5, 0.6) is 0 Å². The standard InChI is InChI=1S/C25H21BrN4O3S2/c26-15-7-11-17(12-8-15)30-24(33)21-18-3-1-2-4-19(18)35-23(21)29-25(30)34-13-20(31)28-16-9-5-14(6-10-16)22(27)32/h5-12H,1-4,13H2,(H2,27,32)(H,28,31). The van der Waals surface area contributed by atoms with E-state index in [-0.39, 0.29) is 17.2 Å². The van der Waals surface area contributed by atoms with Gasteiger partial charge in [-0.05, 0) is 79.8 Å². The zero-order valence-corrected chi connectivity index (χ0v) is 21.8. The van der Waals surface area contributed by atoms with E-state index in [1.165, 1.54) is 16.6 Å². The van der Waals surface area contributed by atoms with Crippen LogP contribution in [0.25, 0.3) is 15.9 Å². The first kappa shape index (κ1) is 23.8. The summed E-state index contributed by atoms with van der Waals surface area (Å²) in [4.78, 5) is 44.5. The quantitative estimate of drug-likeness (QED) is 0.253. The first-order valence-corrected chi connectivity index (χ1v) is 13.7. The molecule has 3 N–H and O–H groups in total. The number of amides is 2. The van der Waals surface area contributed by atoms with Crippen molar-refractivity contribution < 1.29 is 9.59 Å². The molecular weight excluding hydrogens is 548 g/mol. The molecule has 178 valence electrons. The van der Waals surface area contributed by atoms with Crippen molar-refractivity contribution in [3.05, 3.63) is 79.4 Å². The summed E-state index contributed by atoms with van der Waals surface area (Å²) in [6.07, 6.45) is 4.08. The lowest BCUT2D eigenvalue weighted by atomic mass is 9.97. The van der Waals surface area contributed by atoms with E-state index in [9.17, 15) is 14.4 Å². The van der Waals surface area contributed by atoms with Crippen molar-refractivity contribution in [3.8, 4) is 5.69 Å². The highest BCUT2D eigenvalue weighted by molar-refractivity contribution is 9.10. The van der Waals surface area contributed by atoms with Crippen LogP contribution in [0, 0.1) is 0 Å². The van der Waals surface area contributed by atoms with Gasteiger partial charge in [0, 0.05) is 20.6 Å². The van der Waals surface area contributed by atoms with Gasteiger partial charge in [0.25, 0.3) is 5.56 Å². The van der Waals surface area contributed by atoms with Crippen LogP contribution < -0.4 is 16.6 Å². The number of thiophene rings is 1. The van der Waals surface area contributed by atoms with E-state index in [1.54, 1.807) is 40.2 Å². The van der Waals surface area contributed by atoms with Gasteiger partial charge in [0.2, 0.25) is 11.8 Å². The Balaban J connectivity index is 1.47.